The third-order valence-corrected chi connectivity index (χ3v) is 12.1. The molecule has 0 saturated carbocycles. The molecule has 64 heavy (non-hydrogen) atoms. The minimum atomic E-state index is 0.629. The molecule has 0 bridgehead atoms. The number of anilines is 6. The minimum Gasteiger partial charge on any atom is -0.494 e. The lowest BCUT2D eigenvalue weighted by Gasteiger charge is -2.31. The second kappa shape index (κ2) is 20.9. The number of benzene rings is 8. The van der Waals surface area contributed by atoms with E-state index in [1.807, 2.05) is 0 Å². The Bertz CT molecular complexity index is 2540. The van der Waals surface area contributed by atoms with E-state index in [-0.39, 0.29) is 0 Å². The largest absolute Gasteiger partial charge is 0.494 e. The average molecular weight is 853 g/mol. The lowest BCUT2D eigenvalue weighted by molar-refractivity contribution is 0.309. The maximum Gasteiger partial charge on any atom is 0.129 e. The lowest BCUT2D eigenvalue weighted by Crippen LogP contribution is -2.13. The van der Waals surface area contributed by atoms with E-state index in [1.54, 1.807) is 0 Å². The fourth-order valence-corrected chi connectivity index (χ4v) is 8.45. The van der Waals surface area contributed by atoms with Crippen LogP contribution in [0.5, 0.6) is 23.0 Å². The highest BCUT2D eigenvalue weighted by atomic mass is 16.5. The van der Waals surface area contributed by atoms with Gasteiger partial charge in [0.2, 0.25) is 0 Å². The molecule has 6 nitrogen and oxygen atoms in total. The molecule has 0 radical (unpaired) electrons. The molecule has 0 aromatic heterocycles. The number of aryl methyl sites for hydroxylation is 2. The molecule has 0 heterocycles. The molecule has 6 heteroatoms. The Morgan fingerprint density at radius 1 is 0.344 bits per heavy atom. The molecule has 0 unspecified atom stereocenters. The van der Waals surface area contributed by atoms with Gasteiger partial charge in [0.15, 0.2) is 0 Å². The van der Waals surface area contributed by atoms with Gasteiger partial charge in [-0.15, -0.1) is 0 Å². The first-order chi connectivity index (χ1) is 31.4. The Balaban J connectivity index is 1.40. The van der Waals surface area contributed by atoms with Crippen LogP contribution < -0.4 is 28.7 Å². The zero-order valence-electron chi connectivity index (χ0n) is 38.7. The van der Waals surface area contributed by atoms with Gasteiger partial charge in [-0.25, -0.2) is 0 Å². The first-order valence-electron chi connectivity index (χ1n) is 23.7. The van der Waals surface area contributed by atoms with Crippen LogP contribution in [0.25, 0.3) is 32.3 Å². The number of hydrogen-bond donors (Lipinski definition) is 0. The van der Waals surface area contributed by atoms with Gasteiger partial charge in [0.05, 0.1) is 37.8 Å². The first-order valence-corrected chi connectivity index (χ1v) is 23.7. The van der Waals surface area contributed by atoms with Crippen LogP contribution in [0.1, 0.15) is 90.2 Å². The second-order valence-electron chi connectivity index (χ2n) is 17.0. The van der Waals surface area contributed by atoms with E-state index in [0.29, 0.717) is 26.4 Å². The van der Waals surface area contributed by atoms with Crippen LogP contribution in [-0.4, -0.2) is 26.4 Å². The Morgan fingerprint density at radius 2 is 0.641 bits per heavy atom. The zero-order valence-corrected chi connectivity index (χ0v) is 38.7. The van der Waals surface area contributed by atoms with Gasteiger partial charge in [-0.05, 0) is 124 Å². The summed E-state index contributed by atoms with van der Waals surface area (Å²) >= 11 is 0. The van der Waals surface area contributed by atoms with Crippen LogP contribution in [0.15, 0.2) is 133 Å². The van der Waals surface area contributed by atoms with E-state index in [4.69, 9.17) is 18.9 Å². The average Bonchev–Trinajstić information content (AvgIpc) is 3.32. The highest BCUT2D eigenvalue weighted by Gasteiger charge is 2.26. The summed E-state index contributed by atoms with van der Waals surface area (Å²) in [4.78, 5) is 4.74. The van der Waals surface area contributed by atoms with Gasteiger partial charge in [-0.1, -0.05) is 101 Å². The molecule has 0 amide bonds. The molecule has 0 aliphatic carbocycles. The van der Waals surface area contributed by atoms with Crippen molar-refractivity contribution in [2.24, 2.45) is 0 Å². The van der Waals surface area contributed by atoms with Crippen molar-refractivity contribution in [3.05, 3.63) is 145 Å². The van der Waals surface area contributed by atoms with Crippen molar-refractivity contribution in [1.29, 1.82) is 0 Å². The summed E-state index contributed by atoms with van der Waals surface area (Å²) in [6.07, 6.45) is 8.25. The van der Waals surface area contributed by atoms with Crippen molar-refractivity contribution in [3.8, 4) is 23.0 Å². The van der Waals surface area contributed by atoms with Crippen molar-refractivity contribution in [1.82, 2.24) is 0 Å². The summed E-state index contributed by atoms with van der Waals surface area (Å²) in [6.45, 7) is 15.7. The highest BCUT2D eigenvalue weighted by Crippen LogP contribution is 2.52. The van der Waals surface area contributed by atoms with E-state index < -0.39 is 0 Å². The van der Waals surface area contributed by atoms with Crippen molar-refractivity contribution >= 4 is 66.4 Å². The molecule has 0 spiro atoms. The van der Waals surface area contributed by atoms with Crippen molar-refractivity contribution < 1.29 is 18.9 Å². The van der Waals surface area contributed by atoms with Gasteiger partial charge in [0.25, 0.3) is 0 Å². The fourth-order valence-electron chi connectivity index (χ4n) is 8.45. The Morgan fingerprint density at radius 3 is 0.969 bits per heavy atom. The van der Waals surface area contributed by atoms with Crippen LogP contribution in [0.3, 0.4) is 0 Å². The molecule has 8 aromatic carbocycles. The van der Waals surface area contributed by atoms with Crippen LogP contribution in [0, 0.1) is 13.8 Å². The molecule has 0 N–H and O–H groups in total. The van der Waals surface area contributed by atoms with E-state index in [9.17, 15) is 0 Å². The summed E-state index contributed by atoms with van der Waals surface area (Å²) in [5, 5.41) is 6.74. The molecule has 0 saturated heterocycles. The van der Waals surface area contributed by atoms with E-state index >= 15 is 0 Å². The highest BCUT2D eigenvalue weighted by molar-refractivity contribution is 6.30. The van der Waals surface area contributed by atoms with Gasteiger partial charge < -0.3 is 28.7 Å². The van der Waals surface area contributed by atoms with Crippen molar-refractivity contribution in [2.75, 3.05) is 36.2 Å². The monoisotopic (exact) mass is 852 g/mol. The molecule has 8 aromatic rings. The van der Waals surface area contributed by atoms with E-state index in [2.05, 4.69) is 185 Å². The topological polar surface area (TPSA) is 43.4 Å². The summed E-state index contributed by atoms with van der Waals surface area (Å²) < 4.78 is 26.0. The van der Waals surface area contributed by atoms with Gasteiger partial charge >= 0.3 is 0 Å². The molecular weight excluding hydrogens is 789 g/mol. The van der Waals surface area contributed by atoms with Gasteiger partial charge in [-0.3, -0.25) is 0 Å². The van der Waals surface area contributed by atoms with Crippen LogP contribution >= 0.6 is 0 Å². The molecule has 0 aliphatic heterocycles. The smallest absolute Gasteiger partial charge is 0.129 e. The maximum absolute atomic E-state index is 6.84. The summed E-state index contributed by atoms with van der Waals surface area (Å²) in [5.74, 6) is 3.49. The normalized spacial score (nSPS) is 11.4. The Kier molecular flexibility index (Phi) is 14.4. The fraction of sp³-hybridized carbons (Fsp3) is 0.310. The number of rotatable bonds is 22. The number of hydrogen-bond acceptors (Lipinski definition) is 6. The quantitative estimate of drug-likeness (QED) is 0.0500. The summed E-state index contributed by atoms with van der Waals surface area (Å²) in [5.41, 5.74) is 8.73. The standard InChI is InChI=1S/C58H64N2O4/c1-7-11-35-61-47-27-23-45(24-28-47)59(43-19-15-41(5)16-20-43)53-39-55(63-37-13-9-3)51-34-32-50-54(40-56(64-38-14-10-4)52-33-31-49(53)57(51)58(50)52)60(44-21-17-42(6)18-22-44)46-25-29-48(30-26-46)62-36-12-8-2/h15-34,39-40H,7-14,35-38H2,1-6H3. The molecule has 0 aliphatic rings. The predicted molar refractivity (Wildman–Crippen MR) is 271 cm³/mol. The zero-order chi connectivity index (χ0) is 44.4. The maximum atomic E-state index is 6.84. The second-order valence-corrected chi connectivity index (χ2v) is 17.0. The van der Waals surface area contributed by atoms with Crippen LogP contribution in [-0.2, 0) is 0 Å². The van der Waals surface area contributed by atoms with E-state index in [0.717, 1.165) is 141 Å². The van der Waals surface area contributed by atoms with E-state index in [1.165, 1.54) is 11.1 Å². The molecule has 0 atom stereocenters. The van der Waals surface area contributed by atoms with Crippen LogP contribution in [0.4, 0.5) is 34.1 Å². The third-order valence-electron chi connectivity index (χ3n) is 12.1. The number of ether oxygens (including phenoxy) is 4. The third kappa shape index (κ3) is 9.57. The van der Waals surface area contributed by atoms with Crippen molar-refractivity contribution in [2.45, 2.75) is 92.9 Å². The molecular formula is C58H64N2O4. The van der Waals surface area contributed by atoms with Gasteiger partial charge in [0.1, 0.15) is 23.0 Å². The first kappa shape index (κ1) is 44.2. The SMILES string of the molecule is CCCCOc1ccc(N(c2ccc(C)cc2)c2cc(OCCCC)c3ccc4c(N(c5ccc(C)cc5)c5ccc(OCCCC)cc5)cc(OCCCC)c5ccc2c3c54)cc1. The number of nitrogens with zero attached hydrogens (tertiary/aromatic N) is 2. The van der Waals surface area contributed by atoms with Crippen molar-refractivity contribution in [3.63, 3.8) is 0 Å². The molecule has 330 valence electrons. The predicted octanol–water partition coefficient (Wildman–Crippen LogP) is 16.9. The molecule has 0 fully saturated rings. The van der Waals surface area contributed by atoms with Gasteiger partial charge in [-0.2, -0.15) is 0 Å². The van der Waals surface area contributed by atoms with Crippen LogP contribution in [0.2, 0.25) is 0 Å². The Labute approximate surface area is 380 Å². The summed E-state index contributed by atoms with van der Waals surface area (Å²) in [6, 6.07) is 48.3. The Hall–Kier alpha value is -6.40. The lowest BCUT2D eigenvalue weighted by atomic mass is 9.90. The van der Waals surface area contributed by atoms with Gasteiger partial charge in [0, 0.05) is 67.2 Å². The minimum absolute atomic E-state index is 0.629. The summed E-state index contributed by atoms with van der Waals surface area (Å²) in [7, 11) is 0. The molecule has 8 rings (SSSR count). The number of unbranched alkanes of at least 4 members (excludes halogenated alkanes) is 4.